The third-order valence-electron chi connectivity index (χ3n) is 3.15. The van der Waals surface area contributed by atoms with Gasteiger partial charge in [0.15, 0.2) is 5.22 Å². The van der Waals surface area contributed by atoms with Crippen LogP contribution in [0.4, 0.5) is 0 Å². The highest BCUT2D eigenvalue weighted by molar-refractivity contribution is 9.09. The molecule has 100 valence electrons. The summed E-state index contributed by atoms with van der Waals surface area (Å²) in [4.78, 5) is 0.0137. The molecule has 1 nitrogen and oxygen atoms in total. The Hall–Kier alpha value is -1.51. The summed E-state index contributed by atoms with van der Waals surface area (Å²) in [5, 5.41) is 0.408. The van der Waals surface area contributed by atoms with Gasteiger partial charge in [0.25, 0.3) is 0 Å². The first kappa shape index (κ1) is 13.5. The second kappa shape index (κ2) is 5.86. The predicted molar refractivity (Wildman–Crippen MR) is 86.4 cm³/mol. The van der Waals surface area contributed by atoms with E-state index >= 15 is 0 Å². The lowest BCUT2D eigenvalue weighted by atomic mass is 10.0. The minimum atomic E-state index is 0.0137. The number of hydrogen-bond acceptors (Lipinski definition) is 1. The molecule has 1 atom stereocenters. The summed E-state index contributed by atoms with van der Waals surface area (Å²) < 4.78 is 5.43. The molecule has 0 spiro atoms. The molecule has 1 unspecified atom stereocenters. The van der Waals surface area contributed by atoms with E-state index < -0.39 is 0 Å². The van der Waals surface area contributed by atoms with Gasteiger partial charge in [-0.05, 0) is 40.4 Å². The molecule has 3 aromatic rings. The van der Waals surface area contributed by atoms with Crippen LogP contribution in [0.1, 0.15) is 16.2 Å². The Balaban J connectivity index is 1.86. The smallest absolute Gasteiger partial charge is 0.193 e. The van der Waals surface area contributed by atoms with Crippen molar-refractivity contribution in [3.05, 3.63) is 83.3 Å². The molecule has 0 aliphatic heterocycles. The van der Waals surface area contributed by atoms with Gasteiger partial charge in [0, 0.05) is 0 Å². The van der Waals surface area contributed by atoms with Gasteiger partial charge in [-0.15, -0.1) is 0 Å². The van der Waals surface area contributed by atoms with E-state index in [0.717, 1.165) is 11.3 Å². The van der Waals surface area contributed by atoms with Gasteiger partial charge in [0.05, 0.1) is 4.83 Å². The van der Waals surface area contributed by atoms with Crippen molar-refractivity contribution in [3.63, 3.8) is 0 Å². The van der Waals surface area contributed by atoms with E-state index in [1.54, 1.807) is 6.07 Å². The molecule has 0 saturated heterocycles. The highest BCUT2D eigenvalue weighted by Gasteiger charge is 2.14. The van der Waals surface area contributed by atoms with Crippen LogP contribution in [0.3, 0.4) is 0 Å². The molecule has 1 aromatic heterocycles. The van der Waals surface area contributed by atoms with Gasteiger partial charge in [0.2, 0.25) is 0 Å². The molecular formula is C17H12BrClO. The first-order chi connectivity index (χ1) is 9.74. The third kappa shape index (κ3) is 2.82. The molecule has 3 rings (SSSR count). The van der Waals surface area contributed by atoms with Crippen LogP contribution < -0.4 is 0 Å². The molecular weight excluding hydrogens is 336 g/mol. The molecule has 0 fully saturated rings. The van der Waals surface area contributed by atoms with Gasteiger partial charge in [-0.3, -0.25) is 0 Å². The van der Waals surface area contributed by atoms with Crippen molar-refractivity contribution in [1.29, 1.82) is 0 Å². The minimum absolute atomic E-state index is 0.0137. The van der Waals surface area contributed by atoms with Crippen LogP contribution >= 0.6 is 27.5 Å². The predicted octanol–water partition coefficient (Wildman–Crippen LogP) is 6.08. The van der Waals surface area contributed by atoms with Crippen molar-refractivity contribution in [2.24, 2.45) is 0 Å². The molecule has 2 aromatic carbocycles. The van der Waals surface area contributed by atoms with Crippen LogP contribution in [0.5, 0.6) is 0 Å². The van der Waals surface area contributed by atoms with E-state index in [1.165, 1.54) is 11.1 Å². The van der Waals surface area contributed by atoms with E-state index in [-0.39, 0.29) is 4.83 Å². The molecule has 0 saturated carbocycles. The van der Waals surface area contributed by atoms with Crippen molar-refractivity contribution < 1.29 is 4.42 Å². The molecule has 0 amide bonds. The summed E-state index contributed by atoms with van der Waals surface area (Å²) in [6.45, 7) is 0. The van der Waals surface area contributed by atoms with E-state index in [4.69, 9.17) is 16.0 Å². The fourth-order valence-corrected chi connectivity index (χ4v) is 2.81. The molecule has 3 heteroatoms. The lowest BCUT2D eigenvalue weighted by Gasteiger charge is -2.08. The highest BCUT2D eigenvalue weighted by atomic mass is 79.9. The van der Waals surface area contributed by atoms with Gasteiger partial charge in [-0.25, -0.2) is 0 Å². The lowest BCUT2D eigenvalue weighted by Crippen LogP contribution is -1.90. The van der Waals surface area contributed by atoms with Gasteiger partial charge >= 0.3 is 0 Å². The van der Waals surface area contributed by atoms with Crippen molar-refractivity contribution >= 4 is 27.5 Å². The van der Waals surface area contributed by atoms with E-state index in [2.05, 4.69) is 52.3 Å². The maximum atomic E-state index is 5.81. The summed E-state index contributed by atoms with van der Waals surface area (Å²) in [6, 6.07) is 22.4. The van der Waals surface area contributed by atoms with Crippen LogP contribution in [0.25, 0.3) is 11.1 Å². The average molecular weight is 348 g/mol. The zero-order valence-corrected chi connectivity index (χ0v) is 12.9. The van der Waals surface area contributed by atoms with Gasteiger partial charge in [-0.2, -0.15) is 0 Å². The van der Waals surface area contributed by atoms with Crippen LogP contribution in [0, 0.1) is 0 Å². The number of furan rings is 1. The monoisotopic (exact) mass is 346 g/mol. The van der Waals surface area contributed by atoms with Crippen LogP contribution in [-0.2, 0) is 0 Å². The number of hydrogen-bond donors (Lipinski definition) is 0. The van der Waals surface area contributed by atoms with Crippen LogP contribution in [-0.4, -0.2) is 0 Å². The number of alkyl halides is 1. The topological polar surface area (TPSA) is 13.1 Å². The fourth-order valence-electron chi connectivity index (χ4n) is 2.10. The maximum absolute atomic E-state index is 5.81. The van der Waals surface area contributed by atoms with Crippen molar-refractivity contribution in [2.45, 2.75) is 4.83 Å². The van der Waals surface area contributed by atoms with Crippen molar-refractivity contribution in [1.82, 2.24) is 0 Å². The first-order valence-corrected chi connectivity index (χ1v) is 7.58. The Labute approximate surface area is 131 Å². The maximum Gasteiger partial charge on any atom is 0.193 e. The average Bonchev–Trinajstić information content (AvgIpc) is 2.94. The van der Waals surface area contributed by atoms with E-state index in [1.807, 2.05) is 24.3 Å². The number of benzene rings is 2. The number of halogens is 2. The molecule has 1 heterocycles. The SMILES string of the molecule is Clc1ccc(C(Br)c2ccc(-c3ccccc3)cc2)o1. The summed E-state index contributed by atoms with van der Waals surface area (Å²) in [6.07, 6.45) is 0. The fraction of sp³-hybridized carbons (Fsp3) is 0.0588. The van der Waals surface area contributed by atoms with Gasteiger partial charge in [0.1, 0.15) is 5.76 Å². The summed E-state index contributed by atoms with van der Waals surface area (Å²) >= 11 is 9.45. The Kier molecular flexibility index (Phi) is 3.95. The zero-order chi connectivity index (χ0) is 13.9. The molecule has 0 radical (unpaired) electrons. The van der Waals surface area contributed by atoms with E-state index in [9.17, 15) is 0 Å². The Bertz CT molecular complexity index is 689. The largest absolute Gasteiger partial charge is 0.448 e. The van der Waals surface area contributed by atoms with Gasteiger partial charge < -0.3 is 4.42 Å². The summed E-state index contributed by atoms with van der Waals surface area (Å²) in [7, 11) is 0. The Morgan fingerprint density at radius 2 is 1.45 bits per heavy atom. The molecule has 0 aliphatic rings. The summed E-state index contributed by atoms with van der Waals surface area (Å²) in [5.74, 6) is 0.808. The van der Waals surface area contributed by atoms with Crippen LogP contribution in [0.2, 0.25) is 5.22 Å². The highest BCUT2D eigenvalue weighted by Crippen LogP contribution is 2.34. The summed E-state index contributed by atoms with van der Waals surface area (Å²) in [5.41, 5.74) is 3.55. The van der Waals surface area contributed by atoms with Gasteiger partial charge in [-0.1, -0.05) is 70.5 Å². The number of rotatable bonds is 3. The van der Waals surface area contributed by atoms with Crippen LogP contribution in [0.15, 0.2) is 71.1 Å². The van der Waals surface area contributed by atoms with E-state index in [0.29, 0.717) is 5.22 Å². The van der Waals surface area contributed by atoms with Crippen molar-refractivity contribution in [2.75, 3.05) is 0 Å². The first-order valence-electron chi connectivity index (χ1n) is 6.29. The molecule has 0 aliphatic carbocycles. The molecule has 0 N–H and O–H groups in total. The normalized spacial score (nSPS) is 12.3. The zero-order valence-electron chi connectivity index (χ0n) is 10.6. The molecule has 20 heavy (non-hydrogen) atoms. The van der Waals surface area contributed by atoms with Crippen molar-refractivity contribution in [3.8, 4) is 11.1 Å². The standard InChI is InChI=1S/C17H12BrClO/c18-17(15-10-11-16(19)20-15)14-8-6-13(7-9-14)12-4-2-1-3-5-12/h1-11,17H. The quantitative estimate of drug-likeness (QED) is 0.523. The third-order valence-corrected chi connectivity index (χ3v) is 4.34. The lowest BCUT2D eigenvalue weighted by molar-refractivity contribution is 0.521. The second-order valence-corrected chi connectivity index (χ2v) is 5.78. The Morgan fingerprint density at radius 1 is 0.800 bits per heavy atom. The molecule has 0 bridgehead atoms. The minimum Gasteiger partial charge on any atom is -0.448 e. The Morgan fingerprint density at radius 3 is 2.05 bits per heavy atom. The second-order valence-electron chi connectivity index (χ2n) is 4.49.